The number of fused-ring (bicyclic) bond motifs is 2. The summed E-state index contributed by atoms with van der Waals surface area (Å²) in [7, 11) is 1.38. The van der Waals surface area contributed by atoms with Gasteiger partial charge in [-0.05, 0) is 62.0 Å². The number of nitrogens with zero attached hydrogens (tertiary/aromatic N) is 3. The van der Waals surface area contributed by atoms with Gasteiger partial charge in [0.25, 0.3) is 0 Å². The van der Waals surface area contributed by atoms with Gasteiger partial charge >= 0.3 is 5.97 Å². The highest BCUT2D eigenvalue weighted by atomic mass is 32.2. The summed E-state index contributed by atoms with van der Waals surface area (Å²) in [6, 6.07) is 0. The first-order valence-corrected chi connectivity index (χ1v) is 14.9. The summed E-state index contributed by atoms with van der Waals surface area (Å²) in [4.78, 5) is 27.9. The lowest BCUT2D eigenvalue weighted by molar-refractivity contribution is -0.113. The smallest absolute Gasteiger partial charge is 0.341 e. The standard InChI is InChI=1S/C25H30N4O3S3/c1-4-10-29-22(17-12-33-19-11-14(2)8-9-15(17)19)27-28-25(29)34-13-20(30)26-23-21(24(31)32-3)16-6-5-7-18(16)35-23/h12,14H,4-11,13H2,1-3H3,(H,26,30). The first-order valence-electron chi connectivity index (χ1n) is 12.2. The van der Waals surface area contributed by atoms with E-state index in [1.807, 2.05) is 11.3 Å². The van der Waals surface area contributed by atoms with E-state index in [1.165, 1.54) is 57.5 Å². The summed E-state index contributed by atoms with van der Waals surface area (Å²) in [5.74, 6) is 1.30. The minimum Gasteiger partial charge on any atom is -0.465 e. The summed E-state index contributed by atoms with van der Waals surface area (Å²) >= 11 is 4.72. The molecule has 0 spiro atoms. The van der Waals surface area contributed by atoms with Crippen molar-refractivity contribution in [2.24, 2.45) is 5.92 Å². The van der Waals surface area contributed by atoms with Gasteiger partial charge in [-0.25, -0.2) is 4.79 Å². The monoisotopic (exact) mass is 530 g/mol. The predicted octanol–water partition coefficient (Wildman–Crippen LogP) is 5.61. The number of ether oxygens (including phenoxy) is 1. The average Bonchev–Trinajstić information content (AvgIpc) is 3.60. The molecule has 35 heavy (non-hydrogen) atoms. The van der Waals surface area contributed by atoms with Crippen molar-refractivity contribution in [2.75, 3.05) is 18.2 Å². The maximum absolute atomic E-state index is 12.9. The molecule has 3 heterocycles. The molecule has 1 amide bonds. The molecular weight excluding hydrogens is 501 g/mol. The van der Waals surface area contributed by atoms with Crippen molar-refractivity contribution in [1.82, 2.24) is 14.8 Å². The van der Waals surface area contributed by atoms with Gasteiger partial charge in [-0.15, -0.1) is 32.9 Å². The second kappa shape index (κ2) is 10.4. The van der Waals surface area contributed by atoms with Crippen LogP contribution in [-0.2, 0) is 41.8 Å². The van der Waals surface area contributed by atoms with Crippen molar-refractivity contribution in [2.45, 2.75) is 70.5 Å². The second-order valence-corrected chi connectivity index (χ2v) is 12.3. The van der Waals surface area contributed by atoms with Crippen LogP contribution < -0.4 is 5.32 Å². The van der Waals surface area contributed by atoms with Gasteiger partial charge in [0.15, 0.2) is 11.0 Å². The number of anilines is 1. The van der Waals surface area contributed by atoms with E-state index in [1.54, 1.807) is 0 Å². The van der Waals surface area contributed by atoms with Crippen LogP contribution in [0.15, 0.2) is 10.5 Å². The van der Waals surface area contributed by atoms with Gasteiger partial charge in [0.1, 0.15) is 5.00 Å². The molecule has 0 bridgehead atoms. The highest BCUT2D eigenvalue weighted by molar-refractivity contribution is 7.99. The Bertz CT molecular complexity index is 1260. The fourth-order valence-electron chi connectivity index (χ4n) is 4.99. The number of amides is 1. The third-order valence-electron chi connectivity index (χ3n) is 6.70. The molecular formula is C25H30N4O3S3. The summed E-state index contributed by atoms with van der Waals surface area (Å²) in [5, 5.41) is 15.6. The van der Waals surface area contributed by atoms with E-state index < -0.39 is 0 Å². The van der Waals surface area contributed by atoms with E-state index in [2.05, 4.69) is 39.3 Å². The van der Waals surface area contributed by atoms with Crippen LogP contribution >= 0.6 is 34.4 Å². The molecule has 0 aromatic carbocycles. The van der Waals surface area contributed by atoms with Crippen LogP contribution in [0.5, 0.6) is 0 Å². The molecule has 3 aromatic heterocycles. The number of thioether (sulfide) groups is 1. The number of esters is 1. The van der Waals surface area contributed by atoms with E-state index in [0.29, 0.717) is 10.6 Å². The number of aryl methyl sites for hydroxylation is 1. The number of hydrogen-bond acceptors (Lipinski definition) is 8. The van der Waals surface area contributed by atoms with Gasteiger partial charge in [-0.1, -0.05) is 25.6 Å². The Morgan fingerprint density at radius 3 is 2.89 bits per heavy atom. The van der Waals surface area contributed by atoms with Crippen molar-refractivity contribution >= 4 is 51.3 Å². The van der Waals surface area contributed by atoms with E-state index in [0.717, 1.165) is 67.5 Å². The predicted molar refractivity (Wildman–Crippen MR) is 142 cm³/mol. The molecule has 2 aliphatic carbocycles. The molecule has 0 fully saturated rings. The van der Waals surface area contributed by atoms with E-state index in [9.17, 15) is 9.59 Å². The molecule has 1 atom stereocenters. The van der Waals surface area contributed by atoms with E-state index >= 15 is 0 Å². The lowest BCUT2D eigenvalue weighted by Gasteiger charge is -2.19. The van der Waals surface area contributed by atoms with Crippen LogP contribution in [-0.4, -0.2) is 39.5 Å². The number of hydrogen-bond donors (Lipinski definition) is 1. The third-order valence-corrected chi connectivity index (χ3v) is 9.93. The zero-order valence-corrected chi connectivity index (χ0v) is 22.8. The number of methoxy groups -OCH3 is 1. The minimum atomic E-state index is -0.381. The quantitative estimate of drug-likeness (QED) is 0.301. The number of rotatable bonds is 8. The Balaban J connectivity index is 1.32. The lowest BCUT2D eigenvalue weighted by atomic mass is 9.88. The number of carbonyl (C=O) groups is 2. The molecule has 7 nitrogen and oxygen atoms in total. The molecule has 2 aliphatic rings. The topological polar surface area (TPSA) is 86.1 Å². The van der Waals surface area contributed by atoms with Gasteiger partial charge in [0.2, 0.25) is 5.91 Å². The van der Waals surface area contributed by atoms with Crippen LogP contribution in [0.4, 0.5) is 5.00 Å². The molecule has 10 heteroatoms. The molecule has 0 aliphatic heterocycles. The molecule has 0 radical (unpaired) electrons. The van der Waals surface area contributed by atoms with Gasteiger partial charge in [0, 0.05) is 27.2 Å². The van der Waals surface area contributed by atoms with Crippen LogP contribution in [0.1, 0.15) is 64.3 Å². The van der Waals surface area contributed by atoms with Crippen molar-refractivity contribution in [3.63, 3.8) is 0 Å². The molecule has 1 N–H and O–H groups in total. The van der Waals surface area contributed by atoms with Crippen LogP contribution in [0.25, 0.3) is 11.4 Å². The average molecular weight is 531 g/mol. The second-order valence-electron chi connectivity index (χ2n) is 9.25. The summed E-state index contributed by atoms with van der Waals surface area (Å²) < 4.78 is 7.14. The van der Waals surface area contributed by atoms with E-state index in [-0.39, 0.29) is 17.6 Å². The molecule has 0 saturated heterocycles. The number of nitrogens with one attached hydrogen (secondary N) is 1. The number of aromatic nitrogens is 3. The summed E-state index contributed by atoms with van der Waals surface area (Å²) in [6.45, 7) is 5.26. The Morgan fingerprint density at radius 1 is 1.23 bits per heavy atom. The van der Waals surface area contributed by atoms with Crippen LogP contribution in [0.3, 0.4) is 0 Å². The highest BCUT2D eigenvalue weighted by Gasteiger charge is 2.28. The van der Waals surface area contributed by atoms with Crippen molar-refractivity contribution in [1.29, 1.82) is 0 Å². The third kappa shape index (κ3) is 4.80. The van der Waals surface area contributed by atoms with Gasteiger partial charge in [-0.2, -0.15) is 0 Å². The Morgan fingerprint density at radius 2 is 2.09 bits per heavy atom. The SMILES string of the molecule is CCCn1c(SCC(=O)Nc2sc3c(c2C(=O)OC)CCC3)nnc1-c1csc2c1CCC(C)C2. The number of carbonyl (C=O) groups excluding carboxylic acids is 2. The molecule has 5 rings (SSSR count). The first-order chi connectivity index (χ1) is 17.0. The maximum Gasteiger partial charge on any atom is 0.341 e. The Hall–Kier alpha value is -2.17. The lowest BCUT2D eigenvalue weighted by Crippen LogP contribution is -2.16. The fraction of sp³-hybridized carbons (Fsp3) is 0.520. The zero-order chi connectivity index (χ0) is 24.5. The summed E-state index contributed by atoms with van der Waals surface area (Å²) in [6.07, 6.45) is 7.24. The van der Waals surface area contributed by atoms with Crippen LogP contribution in [0, 0.1) is 5.92 Å². The Labute approximate surface area is 217 Å². The highest BCUT2D eigenvalue weighted by Crippen LogP contribution is 2.40. The fourth-order valence-corrected chi connectivity index (χ4v) is 8.29. The molecule has 1 unspecified atom stereocenters. The van der Waals surface area contributed by atoms with E-state index in [4.69, 9.17) is 4.74 Å². The van der Waals surface area contributed by atoms with Gasteiger partial charge in [0.05, 0.1) is 18.4 Å². The van der Waals surface area contributed by atoms with Crippen molar-refractivity contribution in [3.05, 3.63) is 31.8 Å². The molecule has 0 saturated carbocycles. The molecule has 186 valence electrons. The van der Waals surface area contributed by atoms with Crippen molar-refractivity contribution in [3.8, 4) is 11.4 Å². The normalized spacial score (nSPS) is 16.7. The Kier molecular flexibility index (Phi) is 7.31. The minimum absolute atomic E-state index is 0.158. The molecule has 3 aromatic rings. The zero-order valence-electron chi connectivity index (χ0n) is 20.3. The number of thiophene rings is 2. The first kappa shape index (κ1) is 24.5. The van der Waals surface area contributed by atoms with Gasteiger partial charge < -0.3 is 14.6 Å². The van der Waals surface area contributed by atoms with Crippen LogP contribution in [0.2, 0.25) is 0 Å². The van der Waals surface area contributed by atoms with Crippen molar-refractivity contribution < 1.29 is 14.3 Å². The maximum atomic E-state index is 12.9. The van der Waals surface area contributed by atoms with Gasteiger partial charge in [-0.3, -0.25) is 4.79 Å². The largest absolute Gasteiger partial charge is 0.465 e. The summed E-state index contributed by atoms with van der Waals surface area (Å²) in [5.41, 5.74) is 4.18.